The van der Waals surface area contributed by atoms with Gasteiger partial charge in [-0.05, 0) is 43.2 Å². The summed E-state index contributed by atoms with van der Waals surface area (Å²) in [5.41, 5.74) is 0.828. The highest BCUT2D eigenvalue weighted by Gasteiger charge is 2.46. The molecule has 2 aromatic heterocycles. The predicted molar refractivity (Wildman–Crippen MR) is 147 cm³/mol. The van der Waals surface area contributed by atoms with Gasteiger partial charge in [-0.1, -0.05) is 31.5 Å². The molecule has 2 aromatic carbocycles. The molecule has 5 rings (SSSR count). The number of aliphatic hydroxyl groups is 1. The van der Waals surface area contributed by atoms with Crippen LogP contribution in [0.2, 0.25) is 0 Å². The molecular formula is C29H28N2O7S. The second-order valence-corrected chi connectivity index (χ2v) is 9.69. The van der Waals surface area contributed by atoms with E-state index in [0.29, 0.717) is 52.1 Å². The first kappa shape index (κ1) is 26.3. The lowest BCUT2D eigenvalue weighted by Crippen LogP contribution is -2.31. The van der Waals surface area contributed by atoms with Gasteiger partial charge < -0.3 is 23.7 Å². The lowest BCUT2D eigenvalue weighted by atomic mass is 9.95. The predicted octanol–water partition coefficient (Wildman–Crippen LogP) is 6.26. The number of amides is 1. The summed E-state index contributed by atoms with van der Waals surface area (Å²) < 4.78 is 23.0. The number of thiazole rings is 1. The van der Waals surface area contributed by atoms with Crippen LogP contribution in [0.3, 0.4) is 0 Å². The standard InChI is InChI=1S/C29H28N2O7S/c1-4-6-13-37-19-11-10-17(15-21(19)36-5-2)24-23(26(33)28(34)31(24)29-30-12-14-39-29)25(32)22-16-18-8-7-9-20(35-3)27(18)38-22/h7-12,14-16,24,33H,4-6,13H2,1-3H3. The van der Waals surface area contributed by atoms with Crippen LogP contribution in [-0.4, -0.2) is 42.1 Å². The molecule has 0 bridgehead atoms. The van der Waals surface area contributed by atoms with Gasteiger partial charge in [-0.15, -0.1) is 11.3 Å². The third-order valence-corrected chi connectivity index (χ3v) is 7.14. The third-order valence-electron chi connectivity index (χ3n) is 6.37. The molecule has 1 amide bonds. The van der Waals surface area contributed by atoms with Crippen molar-refractivity contribution in [1.82, 2.24) is 4.98 Å². The van der Waals surface area contributed by atoms with Crippen LogP contribution < -0.4 is 19.1 Å². The maximum Gasteiger partial charge on any atom is 0.296 e. The van der Waals surface area contributed by atoms with Gasteiger partial charge >= 0.3 is 0 Å². The second-order valence-electron chi connectivity index (χ2n) is 8.81. The number of hydrogen-bond acceptors (Lipinski definition) is 9. The SMILES string of the molecule is CCCCOc1ccc(C2C(C(=O)c3cc4cccc(OC)c4o3)=C(O)C(=O)N2c2nccs2)cc1OCC. The van der Waals surface area contributed by atoms with Crippen LogP contribution in [0.5, 0.6) is 17.2 Å². The molecule has 0 saturated heterocycles. The molecule has 39 heavy (non-hydrogen) atoms. The lowest BCUT2D eigenvalue weighted by molar-refractivity contribution is -0.117. The van der Waals surface area contributed by atoms with Crippen LogP contribution in [-0.2, 0) is 4.79 Å². The van der Waals surface area contributed by atoms with E-state index >= 15 is 0 Å². The minimum absolute atomic E-state index is 0.0283. The topological polar surface area (TPSA) is 111 Å². The molecule has 0 saturated carbocycles. The minimum atomic E-state index is -0.977. The number of para-hydroxylation sites is 1. The first-order valence-corrected chi connectivity index (χ1v) is 13.5. The smallest absolute Gasteiger partial charge is 0.296 e. The van der Waals surface area contributed by atoms with Gasteiger partial charge in [0, 0.05) is 17.0 Å². The highest BCUT2D eigenvalue weighted by molar-refractivity contribution is 7.13. The number of carbonyl (C=O) groups is 2. The number of anilines is 1. The monoisotopic (exact) mass is 548 g/mol. The molecule has 1 aliphatic heterocycles. The molecule has 0 radical (unpaired) electrons. The summed E-state index contributed by atoms with van der Waals surface area (Å²) in [6, 6.07) is 11.1. The normalized spacial score (nSPS) is 15.3. The van der Waals surface area contributed by atoms with Gasteiger partial charge in [0.2, 0.25) is 5.78 Å². The number of nitrogens with zero attached hydrogens (tertiary/aromatic N) is 2. The number of aliphatic hydroxyl groups excluding tert-OH is 1. The van der Waals surface area contributed by atoms with Gasteiger partial charge in [-0.3, -0.25) is 14.5 Å². The van der Waals surface area contributed by atoms with E-state index < -0.39 is 23.5 Å². The van der Waals surface area contributed by atoms with E-state index in [1.54, 1.807) is 54.0 Å². The molecule has 1 unspecified atom stereocenters. The van der Waals surface area contributed by atoms with E-state index in [0.717, 1.165) is 12.8 Å². The number of unbranched alkanes of at least 4 members (excludes halogenated alkanes) is 1. The first-order valence-electron chi connectivity index (χ1n) is 12.6. The minimum Gasteiger partial charge on any atom is -0.503 e. The summed E-state index contributed by atoms with van der Waals surface area (Å²) in [7, 11) is 1.51. The Morgan fingerprint density at radius 3 is 2.69 bits per heavy atom. The molecule has 0 fully saturated rings. The molecule has 202 valence electrons. The summed E-state index contributed by atoms with van der Waals surface area (Å²) in [5, 5.41) is 13.8. The molecule has 1 atom stereocenters. The molecule has 3 heterocycles. The maximum absolute atomic E-state index is 13.9. The van der Waals surface area contributed by atoms with Crippen molar-refractivity contribution in [2.75, 3.05) is 25.2 Å². The number of fused-ring (bicyclic) bond motifs is 1. The summed E-state index contributed by atoms with van der Waals surface area (Å²) in [6.07, 6.45) is 3.43. The number of carbonyl (C=O) groups excluding carboxylic acids is 2. The zero-order valence-electron chi connectivity index (χ0n) is 21.8. The van der Waals surface area contributed by atoms with Gasteiger partial charge in [0.1, 0.15) is 0 Å². The van der Waals surface area contributed by atoms with E-state index in [1.165, 1.54) is 23.3 Å². The first-order chi connectivity index (χ1) is 19.0. The van der Waals surface area contributed by atoms with Gasteiger partial charge in [-0.2, -0.15) is 0 Å². The van der Waals surface area contributed by atoms with E-state index in [4.69, 9.17) is 18.6 Å². The van der Waals surface area contributed by atoms with Crippen molar-refractivity contribution in [3.8, 4) is 17.2 Å². The van der Waals surface area contributed by atoms with Gasteiger partial charge in [0.25, 0.3) is 5.91 Å². The molecule has 1 N–H and O–H groups in total. The number of benzene rings is 2. The van der Waals surface area contributed by atoms with Crippen LogP contribution in [0.25, 0.3) is 11.0 Å². The Labute approximate surface area is 229 Å². The Bertz CT molecular complexity index is 1540. The zero-order valence-corrected chi connectivity index (χ0v) is 22.6. The second kappa shape index (κ2) is 11.2. The van der Waals surface area contributed by atoms with Crippen LogP contribution in [0.15, 0.2) is 69.8 Å². The Morgan fingerprint density at radius 1 is 1.13 bits per heavy atom. The summed E-state index contributed by atoms with van der Waals surface area (Å²) in [4.78, 5) is 32.9. The fourth-order valence-corrected chi connectivity index (χ4v) is 5.20. The number of ketones is 1. The summed E-state index contributed by atoms with van der Waals surface area (Å²) in [6.45, 7) is 4.86. The fourth-order valence-electron chi connectivity index (χ4n) is 4.54. The molecule has 9 nitrogen and oxygen atoms in total. The molecule has 0 spiro atoms. The quantitative estimate of drug-likeness (QED) is 0.173. The van der Waals surface area contributed by atoms with Crippen LogP contribution in [0.4, 0.5) is 5.13 Å². The lowest BCUT2D eigenvalue weighted by Gasteiger charge is -2.25. The number of Topliss-reactive ketones (excluding diaryl/α,β-unsaturated/α-hetero) is 1. The average Bonchev–Trinajstić information content (AvgIpc) is 3.68. The van der Waals surface area contributed by atoms with Crippen molar-refractivity contribution in [2.45, 2.75) is 32.7 Å². The van der Waals surface area contributed by atoms with Gasteiger partial charge in [0.05, 0.1) is 31.9 Å². The van der Waals surface area contributed by atoms with E-state index in [-0.39, 0.29) is 11.3 Å². The Morgan fingerprint density at radius 2 is 1.97 bits per heavy atom. The van der Waals surface area contributed by atoms with Crippen molar-refractivity contribution in [1.29, 1.82) is 0 Å². The van der Waals surface area contributed by atoms with E-state index in [2.05, 4.69) is 11.9 Å². The number of ether oxygens (including phenoxy) is 3. The van der Waals surface area contributed by atoms with Gasteiger partial charge in [-0.25, -0.2) is 4.98 Å². The molecule has 0 aliphatic carbocycles. The maximum atomic E-state index is 13.9. The molecule has 4 aromatic rings. The van der Waals surface area contributed by atoms with E-state index in [1.807, 2.05) is 6.92 Å². The highest BCUT2D eigenvalue weighted by atomic mass is 32.1. The number of methoxy groups -OCH3 is 1. The van der Waals surface area contributed by atoms with E-state index in [9.17, 15) is 14.7 Å². The highest BCUT2D eigenvalue weighted by Crippen LogP contribution is 2.45. The van der Waals surface area contributed by atoms with Gasteiger partial charge in [0.15, 0.2) is 39.5 Å². The Kier molecular flexibility index (Phi) is 7.56. The summed E-state index contributed by atoms with van der Waals surface area (Å²) in [5.74, 6) is -0.534. The molecule has 10 heteroatoms. The van der Waals surface area contributed by atoms with Crippen LogP contribution in [0.1, 0.15) is 48.8 Å². The largest absolute Gasteiger partial charge is 0.503 e. The molecule has 1 aliphatic rings. The van der Waals surface area contributed by atoms with Crippen LogP contribution >= 0.6 is 11.3 Å². The fraction of sp³-hybridized carbons (Fsp3) is 0.276. The summed E-state index contributed by atoms with van der Waals surface area (Å²) >= 11 is 1.22. The number of hydrogen-bond donors (Lipinski definition) is 1. The van der Waals surface area contributed by atoms with Crippen LogP contribution in [0, 0.1) is 0 Å². The number of furan rings is 1. The van der Waals surface area contributed by atoms with Crippen molar-refractivity contribution < 1.29 is 33.3 Å². The zero-order chi connectivity index (χ0) is 27.5. The third kappa shape index (κ3) is 4.83. The Balaban J connectivity index is 1.61. The number of aromatic nitrogens is 1. The van der Waals surface area contributed by atoms with Crippen molar-refractivity contribution in [3.63, 3.8) is 0 Å². The Hall–Kier alpha value is -4.31. The number of rotatable bonds is 11. The average molecular weight is 549 g/mol. The van der Waals surface area contributed by atoms with Crippen molar-refractivity contribution in [2.24, 2.45) is 0 Å². The van der Waals surface area contributed by atoms with Crippen molar-refractivity contribution >= 4 is 39.1 Å². The van der Waals surface area contributed by atoms with Crippen molar-refractivity contribution in [3.05, 3.63) is 76.7 Å². The molecular weight excluding hydrogens is 520 g/mol.